The summed E-state index contributed by atoms with van der Waals surface area (Å²) < 4.78 is 0. The summed E-state index contributed by atoms with van der Waals surface area (Å²) in [5.74, 6) is 0.214. The van der Waals surface area contributed by atoms with Crippen LogP contribution in [-0.2, 0) is 0 Å². The summed E-state index contributed by atoms with van der Waals surface area (Å²) in [5, 5.41) is 0.592. The Morgan fingerprint density at radius 1 is 1.41 bits per heavy atom. The van der Waals surface area contributed by atoms with Crippen LogP contribution in [0, 0.1) is 5.92 Å². The SMILES string of the molecule is CC1C=CCN(C(=O)c2c(Cl)cncc2Cl)C1. The van der Waals surface area contributed by atoms with Crippen molar-refractivity contribution in [1.82, 2.24) is 9.88 Å². The van der Waals surface area contributed by atoms with Gasteiger partial charge < -0.3 is 4.90 Å². The van der Waals surface area contributed by atoms with Gasteiger partial charge in [0.25, 0.3) is 5.91 Å². The molecule has 2 heterocycles. The van der Waals surface area contributed by atoms with Crippen molar-refractivity contribution < 1.29 is 4.79 Å². The Labute approximate surface area is 110 Å². The van der Waals surface area contributed by atoms with Crippen LogP contribution in [0.5, 0.6) is 0 Å². The fourth-order valence-electron chi connectivity index (χ4n) is 1.84. The molecule has 0 fully saturated rings. The third-order valence-electron chi connectivity index (χ3n) is 2.65. The van der Waals surface area contributed by atoms with E-state index in [2.05, 4.69) is 18.0 Å². The third-order valence-corrected chi connectivity index (χ3v) is 3.23. The molecule has 1 atom stereocenters. The smallest absolute Gasteiger partial charge is 0.257 e. The van der Waals surface area contributed by atoms with E-state index in [9.17, 15) is 4.79 Å². The Balaban J connectivity index is 2.28. The predicted molar refractivity (Wildman–Crippen MR) is 68.5 cm³/mol. The molecule has 0 saturated carbocycles. The monoisotopic (exact) mass is 270 g/mol. The average Bonchev–Trinajstić information content (AvgIpc) is 2.28. The second kappa shape index (κ2) is 5.07. The van der Waals surface area contributed by atoms with E-state index in [4.69, 9.17) is 23.2 Å². The molecule has 0 spiro atoms. The van der Waals surface area contributed by atoms with E-state index in [1.54, 1.807) is 4.90 Å². The van der Waals surface area contributed by atoms with E-state index in [0.717, 1.165) is 0 Å². The summed E-state index contributed by atoms with van der Waals surface area (Å²) in [6.07, 6.45) is 6.95. The van der Waals surface area contributed by atoms with Crippen LogP contribution >= 0.6 is 23.2 Å². The first kappa shape index (κ1) is 12.4. The molecule has 1 aromatic heterocycles. The Bertz CT molecular complexity index is 453. The highest BCUT2D eigenvalue weighted by molar-refractivity contribution is 6.39. The second-order valence-electron chi connectivity index (χ2n) is 4.09. The predicted octanol–water partition coefficient (Wildman–Crippen LogP) is 3.04. The highest BCUT2D eigenvalue weighted by atomic mass is 35.5. The van der Waals surface area contributed by atoms with Crippen LogP contribution in [0.4, 0.5) is 0 Å². The zero-order valence-corrected chi connectivity index (χ0v) is 10.9. The van der Waals surface area contributed by atoms with E-state index in [1.807, 2.05) is 6.08 Å². The van der Waals surface area contributed by atoms with E-state index in [-0.39, 0.29) is 5.91 Å². The van der Waals surface area contributed by atoms with Crippen LogP contribution in [0.1, 0.15) is 17.3 Å². The molecule has 3 nitrogen and oxygen atoms in total. The van der Waals surface area contributed by atoms with Gasteiger partial charge in [-0.25, -0.2) is 0 Å². The summed E-state index contributed by atoms with van der Waals surface area (Å²) in [5.41, 5.74) is 0.339. The molecule has 17 heavy (non-hydrogen) atoms. The molecule has 0 radical (unpaired) electrons. The van der Waals surface area contributed by atoms with E-state index >= 15 is 0 Å². The van der Waals surface area contributed by atoms with Crippen molar-refractivity contribution in [2.24, 2.45) is 5.92 Å². The van der Waals surface area contributed by atoms with Gasteiger partial charge in [0.1, 0.15) is 0 Å². The molecule has 5 heteroatoms. The summed E-state index contributed by atoms with van der Waals surface area (Å²) in [4.78, 5) is 17.9. The molecule has 1 aliphatic heterocycles. The number of hydrogen-bond acceptors (Lipinski definition) is 2. The molecule has 1 aliphatic rings. The number of pyridine rings is 1. The van der Waals surface area contributed by atoms with Gasteiger partial charge in [-0.05, 0) is 5.92 Å². The van der Waals surface area contributed by atoms with Crippen molar-refractivity contribution >= 4 is 29.1 Å². The maximum absolute atomic E-state index is 12.3. The Morgan fingerprint density at radius 2 is 2.06 bits per heavy atom. The van der Waals surface area contributed by atoms with Gasteiger partial charge in [0.05, 0.1) is 15.6 Å². The minimum atomic E-state index is -0.140. The van der Waals surface area contributed by atoms with Crippen LogP contribution in [0.3, 0.4) is 0 Å². The lowest BCUT2D eigenvalue weighted by atomic mass is 10.1. The van der Waals surface area contributed by atoms with Gasteiger partial charge in [0.2, 0.25) is 0 Å². The van der Waals surface area contributed by atoms with E-state index in [1.165, 1.54) is 12.4 Å². The molecule has 0 N–H and O–H groups in total. The van der Waals surface area contributed by atoms with Gasteiger partial charge in [0, 0.05) is 25.5 Å². The van der Waals surface area contributed by atoms with E-state index < -0.39 is 0 Å². The number of carbonyl (C=O) groups excluding carboxylic acids is 1. The van der Waals surface area contributed by atoms with Gasteiger partial charge in [-0.2, -0.15) is 0 Å². The molecule has 0 aliphatic carbocycles. The highest BCUT2D eigenvalue weighted by Gasteiger charge is 2.23. The summed E-state index contributed by atoms with van der Waals surface area (Å²) in [6.45, 7) is 3.34. The average molecular weight is 271 g/mol. The minimum Gasteiger partial charge on any atom is -0.334 e. The third kappa shape index (κ3) is 2.61. The first-order valence-corrected chi connectivity index (χ1v) is 6.10. The molecule has 0 bridgehead atoms. The molecule has 2 rings (SSSR count). The molecule has 1 amide bonds. The lowest BCUT2D eigenvalue weighted by Crippen LogP contribution is -2.37. The largest absolute Gasteiger partial charge is 0.334 e. The lowest BCUT2D eigenvalue weighted by molar-refractivity contribution is 0.0753. The van der Waals surface area contributed by atoms with Crippen LogP contribution in [0.25, 0.3) is 0 Å². The summed E-state index contributed by atoms with van der Waals surface area (Å²) in [7, 11) is 0. The van der Waals surface area contributed by atoms with Crippen molar-refractivity contribution in [3.63, 3.8) is 0 Å². The Hall–Kier alpha value is -1.06. The van der Waals surface area contributed by atoms with Crippen LogP contribution < -0.4 is 0 Å². The number of aromatic nitrogens is 1. The van der Waals surface area contributed by atoms with Crippen molar-refractivity contribution in [1.29, 1.82) is 0 Å². The Morgan fingerprint density at radius 3 is 2.65 bits per heavy atom. The standard InChI is InChI=1S/C12H12Cl2N2O/c1-8-3-2-4-16(7-8)12(17)11-9(13)5-15-6-10(11)14/h2-3,5-6,8H,4,7H2,1H3. The zero-order chi connectivity index (χ0) is 12.4. The maximum Gasteiger partial charge on any atom is 0.257 e. The molecule has 1 unspecified atom stereocenters. The quantitative estimate of drug-likeness (QED) is 0.735. The van der Waals surface area contributed by atoms with Crippen LogP contribution in [0.2, 0.25) is 10.0 Å². The normalized spacial score (nSPS) is 19.5. The van der Waals surface area contributed by atoms with Gasteiger partial charge in [-0.15, -0.1) is 0 Å². The van der Waals surface area contributed by atoms with Crippen LogP contribution in [0.15, 0.2) is 24.5 Å². The lowest BCUT2D eigenvalue weighted by Gasteiger charge is -2.27. The van der Waals surface area contributed by atoms with E-state index in [0.29, 0.717) is 34.6 Å². The molecule has 1 aromatic rings. The number of hydrogen-bond donors (Lipinski definition) is 0. The highest BCUT2D eigenvalue weighted by Crippen LogP contribution is 2.25. The molecular weight excluding hydrogens is 259 g/mol. The number of rotatable bonds is 1. The number of carbonyl (C=O) groups is 1. The minimum absolute atomic E-state index is 0.140. The van der Waals surface area contributed by atoms with Gasteiger partial charge in [-0.3, -0.25) is 9.78 Å². The molecular formula is C12H12Cl2N2O. The summed E-state index contributed by atoms with van der Waals surface area (Å²) >= 11 is 11.9. The zero-order valence-electron chi connectivity index (χ0n) is 9.36. The summed E-state index contributed by atoms with van der Waals surface area (Å²) in [6, 6.07) is 0. The number of halogens is 2. The number of nitrogens with zero attached hydrogens (tertiary/aromatic N) is 2. The van der Waals surface area contributed by atoms with Gasteiger partial charge >= 0.3 is 0 Å². The van der Waals surface area contributed by atoms with Crippen LogP contribution in [-0.4, -0.2) is 28.9 Å². The molecule has 90 valence electrons. The first-order valence-electron chi connectivity index (χ1n) is 5.34. The first-order chi connectivity index (χ1) is 8.09. The van der Waals surface area contributed by atoms with Crippen molar-refractivity contribution in [2.45, 2.75) is 6.92 Å². The van der Waals surface area contributed by atoms with Crippen molar-refractivity contribution in [3.05, 3.63) is 40.2 Å². The van der Waals surface area contributed by atoms with Gasteiger partial charge in [-0.1, -0.05) is 42.3 Å². The fourth-order valence-corrected chi connectivity index (χ4v) is 2.37. The van der Waals surface area contributed by atoms with Gasteiger partial charge in [0.15, 0.2) is 0 Å². The van der Waals surface area contributed by atoms with Crippen molar-refractivity contribution in [2.75, 3.05) is 13.1 Å². The maximum atomic E-state index is 12.3. The number of amides is 1. The second-order valence-corrected chi connectivity index (χ2v) is 4.91. The Kier molecular flexibility index (Phi) is 3.69. The molecule has 0 aromatic carbocycles. The fraction of sp³-hybridized carbons (Fsp3) is 0.333. The molecule has 0 saturated heterocycles. The van der Waals surface area contributed by atoms with Crippen molar-refractivity contribution in [3.8, 4) is 0 Å². The topological polar surface area (TPSA) is 33.2 Å².